The lowest BCUT2D eigenvalue weighted by Gasteiger charge is -2.14. The van der Waals surface area contributed by atoms with E-state index in [1.165, 1.54) is 0 Å². The van der Waals surface area contributed by atoms with Gasteiger partial charge in [0.05, 0.1) is 11.4 Å². The lowest BCUT2D eigenvalue weighted by atomic mass is 10.1. The van der Waals surface area contributed by atoms with Gasteiger partial charge in [-0.2, -0.15) is 0 Å². The predicted molar refractivity (Wildman–Crippen MR) is 101 cm³/mol. The summed E-state index contributed by atoms with van der Waals surface area (Å²) in [6, 6.07) is 12.5. The smallest absolute Gasteiger partial charge is 0.272 e. The van der Waals surface area contributed by atoms with Gasteiger partial charge in [0, 0.05) is 5.02 Å². The molecule has 0 spiro atoms. The quantitative estimate of drug-likeness (QED) is 0.587. The number of benzene rings is 2. The third-order valence-electron chi connectivity index (χ3n) is 4.13. The molecule has 0 bridgehead atoms. The van der Waals surface area contributed by atoms with Gasteiger partial charge in [0.15, 0.2) is 5.38 Å². The summed E-state index contributed by atoms with van der Waals surface area (Å²) >= 11 is 12.3. The molecule has 1 atom stereocenters. The van der Waals surface area contributed by atoms with Crippen molar-refractivity contribution in [1.29, 1.82) is 0 Å². The molecule has 0 aromatic heterocycles. The Morgan fingerprint density at radius 3 is 2.56 bits per heavy atom. The maximum absolute atomic E-state index is 12.8. The number of halogens is 2. The number of hydrogen-bond acceptors (Lipinski definition) is 3. The highest BCUT2D eigenvalue weighted by Gasteiger charge is 2.45. The highest BCUT2D eigenvalue weighted by atomic mass is 35.5. The van der Waals surface area contributed by atoms with E-state index in [1.807, 2.05) is 32.0 Å². The van der Waals surface area contributed by atoms with E-state index in [0.717, 1.165) is 22.4 Å². The number of anilines is 1. The molecule has 128 valence electrons. The molecule has 1 aliphatic heterocycles. The van der Waals surface area contributed by atoms with Crippen molar-refractivity contribution in [2.75, 3.05) is 4.90 Å². The summed E-state index contributed by atoms with van der Waals surface area (Å²) in [6.07, 6.45) is 0.763. The number of rotatable bonds is 3. The van der Waals surface area contributed by atoms with Crippen molar-refractivity contribution in [2.45, 2.75) is 25.6 Å². The van der Waals surface area contributed by atoms with Crippen LogP contribution in [-0.2, 0) is 16.0 Å². The number of carbonyl (C=O) groups excluding carboxylic acids is 2. The molecule has 1 saturated heterocycles. The molecule has 6 heteroatoms. The zero-order chi connectivity index (χ0) is 18.1. The molecule has 0 radical (unpaired) electrons. The fourth-order valence-electron chi connectivity index (χ4n) is 2.67. The van der Waals surface area contributed by atoms with E-state index in [0.29, 0.717) is 16.4 Å². The predicted octanol–water partition coefficient (Wildman–Crippen LogP) is 4.46. The molecule has 3 rings (SSSR count). The third kappa shape index (κ3) is 3.20. The number of aryl methyl sites for hydroxylation is 2. The van der Waals surface area contributed by atoms with Crippen LogP contribution in [0.1, 0.15) is 18.1 Å². The highest BCUT2D eigenvalue weighted by molar-refractivity contribution is 6.68. The lowest BCUT2D eigenvalue weighted by Crippen LogP contribution is -2.31. The zero-order valence-electron chi connectivity index (χ0n) is 13.8. The number of alkyl halides is 1. The minimum atomic E-state index is -1.11. The second-order valence-electron chi connectivity index (χ2n) is 5.75. The summed E-state index contributed by atoms with van der Waals surface area (Å²) in [6.45, 7) is 3.85. The number of imide groups is 1. The molecule has 1 fully saturated rings. The van der Waals surface area contributed by atoms with Gasteiger partial charge in [0.25, 0.3) is 11.8 Å². The number of nitrogens with zero attached hydrogens (tertiary/aromatic N) is 2. The van der Waals surface area contributed by atoms with Gasteiger partial charge < -0.3 is 0 Å². The van der Waals surface area contributed by atoms with Crippen LogP contribution in [0.25, 0.3) is 0 Å². The van der Waals surface area contributed by atoms with Crippen LogP contribution in [0.2, 0.25) is 5.02 Å². The molecule has 0 N–H and O–H groups in total. The van der Waals surface area contributed by atoms with Crippen molar-refractivity contribution in [3.05, 3.63) is 58.6 Å². The van der Waals surface area contributed by atoms with Gasteiger partial charge in [0.2, 0.25) is 0 Å². The molecular weight excluding hydrogens is 359 g/mol. The van der Waals surface area contributed by atoms with Gasteiger partial charge in [-0.25, -0.2) is 9.89 Å². The Morgan fingerprint density at radius 2 is 1.88 bits per heavy atom. The molecule has 2 aromatic carbocycles. The second kappa shape index (κ2) is 6.98. The van der Waals surface area contributed by atoms with Gasteiger partial charge in [-0.1, -0.05) is 42.8 Å². The first-order chi connectivity index (χ1) is 11.9. The minimum absolute atomic E-state index is 0.0317. The highest BCUT2D eigenvalue weighted by Crippen LogP contribution is 2.30. The molecule has 2 amide bonds. The van der Waals surface area contributed by atoms with Gasteiger partial charge in [0.1, 0.15) is 5.71 Å². The summed E-state index contributed by atoms with van der Waals surface area (Å²) in [5, 5.41) is -0.636. The van der Waals surface area contributed by atoms with Crippen LogP contribution >= 0.6 is 23.2 Å². The monoisotopic (exact) mass is 374 g/mol. The van der Waals surface area contributed by atoms with E-state index in [9.17, 15) is 9.59 Å². The zero-order valence-corrected chi connectivity index (χ0v) is 15.3. The second-order valence-corrected chi connectivity index (χ2v) is 6.60. The van der Waals surface area contributed by atoms with Crippen LogP contribution in [0.15, 0.2) is 47.5 Å². The molecule has 4 nitrogen and oxygen atoms in total. The van der Waals surface area contributed by atoms with E-state index in [4.69, 9.17) is 23.2 Å². The van der Waals surface area contributed by atoms with Gasteiger partial charge >= 0.3 is 0 Å². The Morgan fingerprint density at radius 1 is 1.16 bits per heavy atom. The van der Waals surface area contributed by atoms with Crippen molar-refractivity contribution in [3.63, 3.8) is 0 Å². The maximum Gasteiger partial charge on any atom is 0.281 e. The van der Waals surface area contributed by atoms with Crippen LogP contribution in [0.5, 0.6) is 0 Å². The Hall–Kier alpha value is -2.17. The van der Waals surface area contributed by atoms with E-state index in [1.54, 1.807) is 24.3 Å². The first-order valence-electron chi connectivity index (χ1n) is 7.89. The number of para-hydroxylation sites is 1. The molecular formula is C19H16Cl2N2O2. The number of amides is 2. The topological polar surface area (TPSA) is 49.7 Å². The largest absolute Gasteiger partial charge is 0.281 e. The number of hydrogen-bond donors (Lipinski definition) is 0. The normalized spacial score (nSPS) is 19.1. The average Bonchev–Trinajstić information content (AvgIpc) is 2.81. The summed E-state index contributed by atoms with van der Waals surface area (Å²) in [4.78, 5) is 30.7. The third-order valence-corrected chi connectivity index (χ3v) is 4.93. The van der Waals surface area contributed by atoms with E-state index in [-0.39, 0.29) is 5.71 Å². The van der Waals surface area contributed by atoms with Crippen molar-refractivity contribution in [3.8, 4) is 0 Å². The fourth-order valence-corrected chi connectivity index (χ4v) is 3.09. The van der Waals surface area contributed by atoms with Crippen molar-refractivity contribution in [1.82, 2.24) is 0 Å². The molecule has 2 aromatic rings. The van der Waals surface area contributed by atoms with Crippen LogP contribution in [-0.4, -0.2) is 22.9 Å². The summed E-state index contributed by atoms with van der Waals surface area (Å²) in [5.41, 5.74) is 2.92. The average molecular weight is 375 g/mol. The first-order valence-corrected chi connectivity index (χ1v) is 8.70. The molecule has 0 aliphatic carbocycles. The van der Waals surface area contributed by atoms with Crippen molar-refractivity contribution < 1.29 is 9.59 Å². The Bertz CT molecular complexity index is 893. The Labute approximate surface area is 156 Å². The minimum Gasteiger partial charge on any atom is -0.272 e. The lowest BCUT2D eigenvalue weighted by molar-refractivity contribution is -0.120. The Balaban J connectivity index is 2.03. The van der Waals surface area contributed by atoms with Gasteiger partial charge in [-0.15, -0.1) is 11.6 Å². The summed E-state index contributed by atoms with van der Waals surface area (Å²) in [5.74, 6) is -1.03. The summed E-state index contributed by atoms with van der Waals surface area (Å²) in [7, 11) is 0. The SMILES string of the molecule is CCc1ccccc1N=C1C(=O)N(c2ccc(C)c(Cl)c2)C(=O)C1Cl. The van der Waals surface area contributed by atoms with Crippen LogP contribution in [0.3, 0.4) is 0 Å². The first kappa shape index (κ1) is 17.6. The fraction of sp³-hybridized carbons (Fsp3) is 0.211. The van der Waals surface area contributed by atoms with E-state index >= 15 is 0 Å². The van der Waals surface area contributed by atoms with Gasteiger partial charge in [-0.3, -0.25) is 9.59 Å². The molecule has 1 heterocycles. The molecule has 0 saturated carbocycles. The van der Waals surface area contributed by atoms with E-state index < -0.39 is 17.2 Å². The molecule has 25 heavy (non-hydrogen) atoms. The maximum atomic E-state index is 12.8. The van der Waals surface area contributed by atoms with E-state index in [2.05, 4.69) is 4.99 Å². The van der Waals surface area contributed by atoms with Crippen LogP contribution < -0.4 is 4.90 Å². The molecule has 1 unspecified atom stereocenters. The van der Waals surface area contributed by atoms with Crippen LogP contribution in [0.4, 0.5) is 11.4 Å². The van der Waals surface area contributed by atoms with Crippen LogP contribution in [0, 0.1) is 6.92 Å². The standard InChI is InChI=1S/C19H16Cl2N2O2/c1-3-12-6-4-5-7-15(12)22-17-16(21)18(24)23(19(17)25)13-9-8-11(2)14(20)10-13/h4-10,16H,3H2,1-2H3. The Kier molecular flexibility index (Phi) is 4.93. The number of aliphatic imine (C=N–C) groups is 1. The van der Waals surface area contributed by atoms with Gasteiger partial charge in [-0.05, 0) is 42.7 Å². The number of carbonyl (C=O) groups is 2. The van der Waals surface area contributed by atoms with Crippen molar-refractivity contribution >= 4 is 52.1 Å². The molecule has 1 aliphatic rings. The van der Waals surface area contributed by atoms with Crippen molar-refractivity contribution in [2.24, 2.45) is 4.99 Å². The summed E-state index contributed by atoms with van der Waals surface area (Å²) < 4.78 is 0.